The van der Waals surface area contributed by atoms with Crippen molar-refractivity contribution >= 4 is 17.8 Å². The first-order chi connectivity index (χ1) is 14.5. The third-order valence-corrected chi connectivity index (χ3v) is 10.1. The van der Waals surface area contributed by atoms with Gasteiger partial charge in [-0.2, -0.15) is 0 Å². The summed E-state index contributed by atoms with van der Waals surface area (Å²) < 4.78 is 15.5. The topological polar surface area (TPSA) is 17.1 Å². The Labute approximate surface area is 179 Å². The van der Waals surface area contributed by atoms with Gasteiger partial charge in [0.15, 0.2) is 7.14 Å². The fourth-order valence-electron chi connectivity index (χ4n) is 4.49. The molecule has 4 aromatic carbocycles. The summed E-state index contributed by atoms with van der Waals surface area (Å²) in [5.74, 6) is 0. The van der Waals surface area contributed by atoms with Gasteiger partial charge >= 0.3 is 0 Å². The van der Waals surface area contributed by atoms with E-state index in [0.29, 0.717) is 0 Å². The van der Waals surface area contributed by atoms with E-state index in [4.69, 9.17) is 0 Å². The third kappa shape index (κ3) is 3.15. The van der Waals surface area contributed by atoms with Crippen molar-refractivity contribution in [3.8, 4) is 0 Å². The summed E-state index contributed by atoms with van der Waals surface area (Å²) in [4.78, 5) is 0. The Morgan fingerprint density at radius 1 is 0.600 bits per heavy atom. The van der Waals surface area contributed by atoms with Crippen molar-refractivity contribution in [2.24, 2.45) is 0 Å². The van der Waals surface area contributed by atoms with Gasteiger partial charge in [0.2, 0.25) is 0 Å². The molecule has 0 amide bonds. The Balaban J connectivity index is 2.16. The van der Waals surface area contributed by atoms with Crippen LogP contribution in [0.5, 0.6) is 0 Å². The van der Waals surface area contributed by atoms with E-state index in [-0.39, 0.29) is 0 Å². The van der Waals surface area contributed by atoms with E-state index in [9.17, 15) is 0 Å². The van der Waals surface area contributed by atoms with Gasteiger partial charge in [0.05, 0.1) is 5.16 Å². The molecule has 0 saturated carbocycles. The lowest BCUT2D eigenvalue weighted by Crippen LogP contribution is -2.35. The first kappa shape index (κ1) is 20.4. The molecule has 0 radical (unpaired) electrons. The molecule has 0 aliphatic rings. The average Bonchev–Trinajstić information content (AvgIpc) is 2.81. The molecule has 4 aromatic rings. The Kier molecular flexibility index (Phi) is 5.50. The highest BCUT2D eigenvalue weighted by Gasteiger charge is 2.49. The van der Waals surface area contributed by atoms with Crippen LogP contribution in [0.3, 0.4) is 0 Å². The minimum atomic E-state index is -3.14. The Bertz CT molecular complexity index is 1140. The van der Waals surface area contributed by atoms with Crippen LogP contribution < -0.4 is 10.6 Å². The molecular weight excluding hydrogens is 383 g/mol. The van der Waals surface area contributed by atoms with E-state index in [1.165, 1.54) is 11.1 Å². The summed E-state index contributed by atoms with van der Waals surface area (Å²) >= 11 is 0. The highest BCUT2D eigenvalue weighted by atomic mass is 31.2. The predicted molar refractivity (Wildman–Crippen MR) is 129 cm³/mol. The fraction of sp³-hybridized carbons (Fsp3) is 0.143. The molecule has 30 heavy (non-hydrogen) atoms. The molecule has 0 N–H and O–H groups in total. The van der Waals surface area contributed by atoms with E-state index in [0.717, 1.165) is 21.7 Å². The lowest BCUT2D eigenvalue weighted by molar-refractivity contribution is 0.566. The summed E-state index contributed by atoms with van der Waals surface area (Å²) in [6.07, 6.45) is 0. The lowest BCUT2D eigenvalue weighted by Gasteiger charge is -2.41. The summed E-state index contributed by atoms with van der Waals surface area (Å²) in [6.45, 7) is 6.43. The summed E-state index contributed by atoms with van der Waals surface area (Å²) in [6, 6.07) is 36.6. The van der Waals surface area contributed by atoms with E-state index in [1.54, 1.807) is 0 Å². The van der Waals surface area contributed by atoms with Gasteiger partial charge in [0, 0.05) is 10.6 Å². The van der Waals surface area contributed by atoms with Gasteiger partial charge in [-0.3, -0.25) is 0 Å². The second kappa shape index (κ2) is 8.09. The van der Waals surface area contributed by atoms with E-state index in [1.807, 2.05) is 78.9 Å². The van der Waals surface area contributed by atoms with Gasteiger partial charge in [-0.25, -0.2) is 0 Å². The molecular formula is C28H27OP. The van der Waals surface area contributed by atoms with Gasteiger partial charge in [-0.15, -0.1) is 0 Å². The molecule has 1 nitrogen and oxygen atoms in total. The fourth-order valence-corrected chi connectivity index (χ4v) is 8.10. The molecule has 1 atom stereocenters. The van der Waals surface area contributed by atoms with Crippen molar-refractivity contribution in [2.45, 2.75) is 25.9 Å². The zero-order valence-corrected chi connectivity index (χ0v) is 18.6. The van der Waals surface area contributed by atoms with Crippen LogP contribution in [-0.2, 0) is 9.72 Å². The minimum absolute atomic E-state index is 0.715. The third-order valence-electron chi connectivity index (χ3n) is 6.33. The second-order valence-electron chi connectivity index (χ2n) is 7.97. The molecule has 0 aliphatic heterocycles. The summed E-state index contributed by atoms with van der Waals surface area (Å²) in [5, 5.41) is 1.04. The molecule has 2 heteroatoms. The second-order valence-corrected chi connectivity index (χ2v) is 11.1. The zero-order chi connectivity index (χ0) is 21.2. The van der Waals surface area contributed by atoms with Gasteiger partial charge in [-0.05, 0) is 43.0 Å². The predicted octanol–water partition coefficient (Wildman–Crippen LogP) is 6.58. The first-order valence-electron chi connectivity index (χ1n) is 10.3. The standard InChI is InChI=1S/C28H27OP/c1-22-14-13-21-27(23(22)2)28(3,24-15-7-4-8-16-24)30(29,25-17-9-5-10-18-25)26-19-11-6-12-20-26/h4-21H,1-3H3. The molecule has 150 valence electrons. The highest BCUT2D eigenvalue weighted by Crippen LogP contribution is 2.65. The molecule has 0 saturated heterocycles. The lowest BCUT2D eigenvalue weighted by atomic mass is 9.87. The van der Waals surface area contributed by atoms with E-state index >= 15 is 4.57 Å². The molecule has 4 rings (SSSR count). The average molecular weight is 410 g/mol. The Hall–Kier alpha value is -2.89. The van der Waals surface area contributed by atoms with Crippen LogP contribution >= 0.6 is 7.14 Å². The largest absolute Gasteiger partial charge is 0.312 e. The van der Waals surface area contributed by atoms with Gasteiger partial charge < -0.3 is 4.57 Å². The van der Waals surface area contributed by atoms with Crippen LogP contribution in [0.25, 0.3) is 0 Å². The SMILES string of the molecule is Cc1cccc(C(C)(c2ccccc2)P(=O)(c2ccccc2)c2ccccc2)c1C. The van der Waals surface area contributed by atoms with Crippen LogP contribution in [0.15, 0.2) is 109 Å². The molecule has 0 heterocycles. The normalized spacial score (nSPS) is 13.6. The maximum Gasteiger partial charge on any atom is 0.157 e. The van der Waals surface area contributed by atoms with Crippen molar-refractivity contribution in [3.05, 3.63) is 131 Å². The maximum absolute atomic E-state index is 15.5. The van der Waals surface area contributed by atoms with Crippen molar-refractivity contribution in [2.75, 3.05) is 0 Å². The van der Waals surface area contributed by atoms with Crippen molar-refractivity contribution in [1.82, 2.24) is 0 Å². The monoisotopic (exact) mass is 410 g/mol. The first-order valence-corrected chi connectivity index (χ1v) is 12.0. The number of hydrogen-bond donors (Lipinski definition) is 0. The zero-order valence-electron chi connectivity index (χ0n) is 17.7. The van der Waals surface area contributed by atoms with Crippen LogP contribution in [0, 0.1) is 13.8 Å². The summed E-state index contributed by atoms with van der Waals surface area (Å²) in [7, 11) is -3.14. The smallest absolute Gasteiger partial charge is 0.157 e. The van der Waals surface area contributed by atoms with Gasteiger partial charge in [-0.1, -0.05) is 109 Å². The molecule has 0 aromatic heterocycles. The molecule has 1 unspecified atom stereocenters. The minimum Gasteiger partial charge on any atom is -0.312 e. The quantitative estimate of drug-likeness (QED) is 0.340. The summed E-state index contributed by atoms with van der Waals surface area (Å²) in [5.41, 5.74) is 4.58. The molecule has 0 aliphatic carbocycles. The van der Waals surface area contributed by atoms with Crippen molar-refractivity contribution in [3.63, 3.8) is 0 Å². The number of aryl methyl sites for hydroxylation is 1. The van der Waals surface area contributed by atoms with Gasteiger partial charge in [0.25, 0.3) is 0 Å². The maximum atomic E-state index is 15.5. The van der Waals surface area contributed by atoms with E-state index < -0.39 is 12.3 Å². The number of hydrogen-bond acceptors (Lipinski definition) is 1. The molecule has 0 bridgehead atoms. The Morgan fingerprint density at radius 2 is 1.07 bits per heavy atom. The van der Waals surface area contributed by atoms with Gasteiger partial charge in [0.1, 0.15) is 0 Å². The highest BCUT2D eigenvalue weighted by molar-refractivity contribution is 7.79. The van der Waals surface area contributed by atoms with Crippen molar-refractivity contribution < 1.29 is 4.57 Å². The molecule has 0 spiro atoms. The van der Waals surface area contributed by atoms with Crippen molar-refractivity contribution in [1.29, 1.82) is 0 Å². The van der Waals surface area contributed by atoms with Crippen LogP contribution in [0.1, 0.15) is 29.2 Å². The number of benzene rings is 4. The van der Waals surface area contributed by atoms with Crippen LogP contribution in [-0.4, -0.2) is 0 Å². The number of rotatable bonds is 5. The van der Waals surface area contributed by atoms with Crippen LogP contribution in [0.2, 0.25) is 0 Å². The van der Waals surface area contributed by atoms with Crippen LogP contribution in [0.4, 0.5) is 0 Å². The van der Waals surface area contributed by atoms with E-state index in [2.05, 4.69) is 51.1 Å². The molecule has 0 fully saturated rings. The Morgan fingerprint density at radius 3 is 1.57 bits per heavy atom.